The molecular weight excluding hydrogens is 215 g/mol. The number of halogens is 3. The van der Waals surface area contributed by atoms with E-state index in [9.17, 15) is 18.0 Å². The largest absolute Gasteiger partial charge is 0.471 e. The maximum Gasteiger partial charge on any atom is 0.471 e. The Balaban J connectivity index is 2.50. The monoisotopic (exact) mass is 223 g/mol. The second-order valence-corrected chi connectivity index (χ2v) is 3.50. The number of alkyl halides is 3. The normalized spacial score (nSPS) is 11.4. The van der Waals surface area contributed by atoms with Crippen LogP contribution < -0.4 is 5.32 Å². The molecule has 1 rings (SSSR count). The molecule has 6 heteroatoms. The van der Waals surface area contributed by atoms with Crippen molar-refractivity contribution in [2.24, 2.45) is 0 Å². The lowest BCUT2D eigenvalue weighted by molar-refractivity contribution is -0.173. The molecule has 0 unspecified atom stereocenters. The zero-order valence-corrected chi connectivity index (χ0v) is 8.13. The molecule has 1 N–H and O–H groups in total. The number of nitrogens with one attached hydrogen (secondary N) is 1. The molecule has 1 aromatic heterocycles. The summed E-state index contributed by atoms with van der Waals surface area (Å²) in [5, 5.41) is 5.34. The Labute approximate surface area is 82.7 Å². The predicted octanol–water partition coefficient (Wildman–Crippen LogP) is 2.24. The Morgan fingerprint density at radius 3 is 2.57 bits per heavy atom. The van der Waals surface area contributed by atoms with Crippen LogP contribution in [0.25, 0.3) is 0 Å². The molecule has 1 heterocycles. The van der Waals surface area contributed by atoms with E-state index in [4.69, 9.17) is 0 Å². The van der Waals surface area contributed by atoms with Crippen LogP contribution in [0.5, 0.6) is 0 Å². The number of hydrogen-bond acceptors (Lipinski definition) is 2. The SMILES string of the molecule is Cc1cscc1CNC(=O)C(F)(F)F. The van der Waals surface area contributed by atoms with Crippen LogP contribution in [0.3, 0.4) is 0 Å². The Morgan fingerprint density at radius 2 is 2.14 bits per heavy atom. The number of amides is 1. The maximum absolute atomic E-state index is 11.8. The zero-order chi connectivity index (χ0) is 10.8. The van der Waals surface area contributed by atoms with Gasteiger partial charge in [0.05, 0.1) is 0 Å². The summed E-state index contributed by atoms with van der Waals surface area (Å²) in [4.78, 5) is 10.4. The van der Waals surface area contributed by atoms with E-state index in [-0.39, 0.29) is 6.54 Å². The van der Waals surface area contributed by atoms with Crippen LogP contribution in [-0.4, -0.2) is 12.1 Å². The smallest absolute Gasteiger partial charge is 0.344 e. The minimum absolute atomic E-state index is 0.0757. The van der Waals surface area contributed by atoms with Crippen LogP contribution >= 0.6 is 11.3 Å². The Hall–Kier alpha value is -1.04. The first-order chi connectivity index (χ1) is 6.41. The highest BCUT2D eigenvalue weighted by Crippen LogP contribution is 2.16. The average Bonchev–Trinajstić information content (AvgIpc) is 2.45. The summed E-state index contributed by atoms with van der Waals surface area (Å²) in [5.41, 5.74) is 1.60. The molecule has 0 fully saturated rings. The number of thiophene rings is 1. The van der Waals surface area contributed by atoms with E-state index in [1.807, 2.05) is 10.7 Å². The molecule has 78 valence electrons. The molecule has 0 aliphatic rings. The molecule has 0 spiro atoms. The summed E-state index contributed by atoms with van der Waals surface area (Å²) in [7, 11) is 0. The van der Waals surface area contributed by atoms with Gasteiger partial charge in [0, 0.05) is 6.54 Å². The van der Waals surface area contributed by atoms with E-state index in [0.29, 0.717) is 5.56 Å². The van der Waals surface area contributed by atoms with Crippen molar-refractivity contribution in [3.05, 3.63) is 21.9 Å². The lowest BCUT2D eigenvalue weighted by Gasteiger charge is -2.07. The molecule has 0 bridgehead atoms. The highest BCUT2D eigenvalue weighted by Gasteiger charge is 2.38. The third-order valence-corrected chi connectivity index (χ3v) is 2.57. The molecule has 1 amide bonds. The van der Waals surface area contributed by atoms with Crippen molar-refractivity contribution >= 4 is 17.2 Å². The predicted molar refractivity (Wildman–Crippen MR) is 47.0 cm³/mol. The first-order valence-corrected chi connectivity index (χ1v) is 4.72. The van der Waals surface area contributed by atoms with E-state index in [2.05, 4.69) is 0 Å². The van der Waals surface area contributed by atoms with Crippen molar-refractivity contribution in [1.82, 2.24) is 5.32 Å². The van der Waals surface area contributed by atoms with Crippen LogP contribution in [-0.2, 0) is 11.3 Å². The minimum atomic E-state index is -4.80. The number of carbonyl (C=O) groups is 1. The molecule has 14 heavy (non-hydrogen) atoms. The first-order valence-electron chi connectivity index (χ1n) is 3.78. The third-order valence-electron chi connectivity index (χ3n) is 1.66. The quantitative estimate of drug-likeness (QED) is 0.818. The van der Waals surface area contributed by atoms with Crippen molar-refractivity contribution in [1.29, 1.82) is 0 Å². The van der Waals surface area contributed by atoms with Crippen molar-refractivity contribution < 1.29 is 18.0 Å². The molecule has 0 aliphatic heterocycles. The van der Waals surface area contributed by atoms with Gasteiger partial charge in [0.1, 0.15) is 0 Å². The Bertz CT molecular complexity index is 332. The van der Waals surface area contributed by atoms with E-state index < -0.39 is 12.1 Å². The summed E-state index contributed by atoms with van der Waals surface area (Å²) in [5.74, 6) is -1.90. The number of carbonyl (C=O) groups excluding carboxylic acids is 1. The molecular formula is C8H8F3NOS. The van der Waals surface area contributed by atoms with Gasteiger partial charge in [0.2, 0.25) is 0 Å². The van der Waals surface area contributed by atoms with Crippen molar-refractivity contribution in [2.75, 3.05) is 0 Å². The highest BCUT2D eigenvalue weighted by molar-refractivity contribution is 7.08. The van der Waals surface area contributed by atoms with Gasteiger partial charge in [0.15, 0.2) is 0 Å². The molecule has 0 saturated carbocycles. The molecule has 2 nitrogen and oxygen atoms in total. The number of hydrogen-bond donors (Lipinski definition) is 1. The first kappa shape index (κ1) is 11.0. The lowest BCUT2D eigenvalue weighted by Crippen LogP contribution is -2.36. The molecule has 0 saturated heterocycles. The lowest BCUT2D eigenvalue weighted by atomic mass is 10.2. The minimum Gasteiger partial charge on any atom is -0.344 e. The van der Waals surface area contributed by atoms with Crippen LogP contribution in [0.4, 0.5) is 13.2 Å². The fraction of sp³-hybridized carbons (Fsp3) is 0.375. The van der Waals surface area contributed by atoms with Gasteiger partial charge >= 0.3 is 12.1 Å². The Morgan fingerprint density at radius 1 is 1.50 bits per heavy atom. The molecule has 0 aromatic carbocycles. The fourth-order valence-electron chi connectivity index (χ4n) is 0.844. The molecule has 0 aliphatic carbocycles. The molecule has 0 radical (unpaired) electrons. The summed E-state index contributed by atoms with van der Waals surface area (Å²) >= 11 is 1.39. The molecule has 0 atom stereocenters. The van der Waals surface area contributed by atoms with Crippen molar-refractivity contribution in [3.8, 4) is 0 Å². The Kier molecular flexibility index (Phi) is 3.15. The van der Waals surface area contributed by atoms with Gasteiger partial charge in [0.25, 0.3) is 0 Å². The van der Waals surface area contributed by atoms with Crippen LogP contribution in [0, 0.1) is 6.92 Å². The van der Waals surface area contributed by atoms with Gasteiger partial charge < -0.3 is 5.32 Å². The van der Waals surface area contributed by atoms with Gasteiger partial charge in [-0.1, -0.05) is 0 Å². The van der Waals surface area contributed by atoms with Gasteiger partial charge in [-0.3, -0.25) is 4.79 Å². The summed E-state index contributed by atoms with van der Waals surface area (Å²) in [6, 6.07) is 0. The third kappa shape index (κ3) is 2.73. The van der Waals surface area contributed by atoms with E-state index in [0.717, 1.165) is 5.56 Å². The maximum atomic E-state index is 11.8. The summed E-state index contributed by atoms with van der Waals surface area (Å²) in [6.45, 7) is 1.71. The van der Waals surface area contributed by atoms with Gasteiger partial charge in [-0.05, 0) is 28.8 Å². The second-order valence-electron chi connectivity index (χ2n) is 2.76. The summed E-state index contributed by atoms with van der Waals surface area (Å²) < 4.78 is 35.3. The fourth-order valence-corrected chi connectivity index (χ4v) is 1.70. The number of aryl methyl sites for hydroxylation is 1. The van der Waals surface area contributed by atoms with E-state index >= 15 is 0 Å². The van der Waals surface area contributed by atoms with Gasteiger partial charge in [-0.25, -0.2) is 0 Å². The van der Waals surface area contributed by atoms with Crippen molar-refractivity contribution in [3.63, 3.8) is 0 Å². The summed E-state index contributed by atoms with van der Waals surface area (Å²) in [6.07, 6.45) is -4.80. The van der Waals surface area contributed by atoms with E-state index in [1.54, 1.807) is 12.3 Å². The molecule has 1 aromatic rings. The highest BCUT2D eigenvalue weighted by atomic mass is 32.1. The number of rotatable bonds is 2. The van der Waals surface area contributed by atoms with Gasteiger partial charge in [-0.2, -0.15) is 24.5 Å². The second kappa shape index (κ2) is 4.00. The van der Waals surface area contributed by atoms with Crippen molar-refractivity contribution in [2.45, 2.75) is 19.6 Å². The van der Waals surface area contributed by atoms with Crippen LogP contribution in [0.2, 0.25) is 0 Å². The van der Waals surface area contributed by atoms with E-state index in [1.165, 1.54) is 11.3 Å². The van der Waals surface area contributed by atoms with Gasteiger partial charge in [-0.15, -0.1) is 0 Å². The van der Waals surface area contributed by atoms with Crippen LogP contribution in [0.15, 0.2) is 10.8 Å². The zero-order valence-electron chi connectivity index (χ0n) is 7.31. The topological polar surface area (TPSA) is 29.1 Å². The average molecular weight is 223 g/mol. The standard InChI is InChI=1S/C8H8F3NOS/c1-5-3-14-4-6(5)2-12-7(13)8(9,10)11/h3-4H,2H2,1H3,(H,12,13). The van der Waals surface area contributed by atoms with Crippen LogP contribution in [0.1, 0.15) is 11.1 Å².